The van der Waals surface area contributed by atoms with Crippen molar-refractivity contribution in [3.63, 3.8) is 0 Å². The van der Waals surface area contributed by atoms with Crippen LogP contribution in [0.1, 0.15) is 28.8 Å². The number of carbonyl (C=O) groups excluding carboxylic acids is 3. The fraction of sp³-hybridized carbons (Fsp3) is 0.250. The molecule has 0 aromatic heterocycles. The van der Waals surface area contributed by atoms with E-state index < -0.39 is 5.91 Å². The van der Waals surface area contributed by atoms with Crippen molar-refractivity contribution in [3.8, 4) is 5.75 Å². The summed E-state index contributed by atoms with van der Waals surface area (Å²) in [5.74, 6) is -0.243. The van der Waals surface area contributed by atoms with Crippen LogP contribution in [0.15, 0.2) is 54.6 Å². The van der Waals surface area contributed by atoms with Crippen molar-refractivity contribution in [2.24, 2.45) is 5.73 Å². The lowest BCUT2D eigenvalue weighted by atomic mass is 10.1. The minimum atomic E-state index is -0.600. The number of primary amides is 1. The Morgan fingerprint density at radius 1 is 0.926 bits per heavy atom. The Balaban J connectivity index is 1.66. The number of benzene rings is 2. The van der Waals surface area contributed by atoms with Gasteiger partial charge in [-0.3, -0.25) is 14.4 Å². The van der Waals surface area contributed by atoms with Crippen LogP contribution in [0.4, 0.5) is 0 Å². The molecule has 3 amide bonds. The molecule has 0 aliphatic rings. The number of rotatable bonds is 10. The maximum atomic E-state index is 11.9. The quantitative estimate of drug-likeness (QED) is 0.549. The fourth-order valence-electron chi connectivity index (χ4n) is 2.27. The van der Waals surface area contributed by atoms with Gasteiger partial charge in [-0.15, -0.1) is 0 Å². The summed E-state index contributed by atoms with van der Waals surface area (Å²) in [4.78, 5) is 34.3. The molecule has 2 aromatic carbocycles. The SMILES string of the molecule is NC(=O)CNC(=O)c1ccc(CNC(=O)CCCOc2ccccc2)cc1. The maximum absolute atomic E-state index is 11.9. The number of carbonyl (C=O) groups is 3. The van der Waals surface area contributed by atoms with Gasteiger partial charge in [0.05, 0.1) is 13.2 Å². The van der Waals surface area contributed by atoms with Crippen molar-refractivity contribution in [3.05, 3.63) is 65.7 Å². The molecule has 0 spiro atoms. The van der Waals surface area contributed by atoms with Crippen molar-refractivity contribution in [2.45, 2.75) is 19.4 Å². The van der Waals surface area contributed by atoms with E-state index in [-0.39, 0.29) is 18.4 Å². The predicted molar refractivity (Wildman–Crippen MR) is 101 cm³/mol. The highest BCUT2D eigenvalue weighted by Crippen LogP contribution is 2.09. The van der Waals surface area contributed by atoms with Gasteiger partial charge < -0.3 is 21.1 Å². The Morgan fingerprint density at radius 3 is 2.30 bits per heavy atom. The molecule has 0 heterocycles. The molecule has 7 nitrogen and oxygen atoms in total. The summed E-state index contributed by atoms with van der Waals surface area (Å²) in [5, 5.41) is 5.24. The van der Waals surface area contributed by atoms with Gasteiger partial charge in [-0.05, 0) is 36.2 Å². The second-order valence-corrected chi connectivity index (χ2v) is 5.89. The first kappa shape index (κ1) is 20.0. The molecule has 27 heavy (non-hydrogen) atoms. The molecule has 0 fully saturated rings. The normalized spacial score (nSPS) is 10.1. The lowest BCUT2D eigenvalue weighted by molar-refractivity contribution is -0.121. The van der Waals surface area contributed by atoms with Crippen molar-refractivity contribution in [1.29, 1.82) is 0 Å². The minimum absolute atomic E-state index is 0.0602. The summed E-state index contributed by atoms with van der Waals surface area (Å²) in [7, 11) is 0. The topological polar surface area (TPSA) is 111 Å². The van der Waals surface area contributed by atoms with E-state index in [1.54, 1.807) is 24.3 Å². The van der Waals surface area contributed by atoms with E-state index in [9.17, 15) is 14.4 Å². The molecule has 0 aliphatic heterocycles. The van der Waals surface area contributed by atoms with Crippen LogP contribution in [-0.4, -0.2) is 30.9 Å². The van der Waals surface area contributed by atoms with Crippen molar-refractivity contribution < 1.29 is 19.1 Å². The third-order valence-electron chi connectivity index (χ3n) is 3.69. The standard InChI is InChI=1S/C20H23N3O4/c21-18(24)14-23-20(26)16-10-8-15(9-11-16)13-22-19(25)7-4-12-27-17-5-2-1-3-6-17/h1-3,5-6,8-11H,4,7,12-14H2,(H2,21,24)(H,22,25)(H,23,26). The molecule has 0 bridgehead atoms. The lowest BCUT2D eigenvalue weighted by Gasteiger charge is -2.08. The van der Waals surface area contributed by atoms with Crippen LogP contribution in [0.2, 0.25) is 0 Å². The Labute approximate surface area is 157 Å². The number of para-hydroxylation sites is 1. The molecule has 4 N–H and O–H groups in total. The summed E-state index contributed by atoms with van der Waals surface area (Å²) < 4.78 is 5.54. The zero-order valence-corrected chi connectivity index (χ0v) is 14.9. The van der Waals surface area contributed by atoms with Gasteiger partial charge in [-0.1, -0.05) is 30.3 Å². The van der Waals surface area contributed by atoms with Gasteiger partial charge in [-0.25, -0.2) is 0 Å². The van der Waals surface area contributed by atoms with Crippen LogP contribution < -0.4 is 21.1 Å². The Hall–Kier alpha value is -3.35. The van der Waals surface area contributed by atoms with Crippen LogP contribution in [-0.2, 0) is 16.1 Å². The number of nitrogens with one attached hydrogen (secondary N) is 2. The molecule has 0 saturated heterocycles. The monoisotopic (exact) mass is 369 g/mol. The van der Waals surface area contributed by atoms with E-state index in [4.69, 9.17) is 10.5 Å². The van der Waals surface area contributed by atoms with Gasteiger partial charge in [-0.2, -0.15) is 0 Å². The van der Waals surface area contributed by atoms with E-state index in [0.29, 0.717) is 31.6 Å². The Kier molecular flexibility index (Phi) is 7.84. The van der Waals surface area contributed by atoms with Crippen molar-refractivity contribution in [2.75, 3.05) is 13.2 Å². The number of hydrogen-bond acceptors (Lipinski definition) is 4. The van der Waals surface area contributed by atoms with Crippen molar-refractivity contribution in [1.82, 2.24) is 10.6 Å². The number of amides is 3. The van der Waals surface area contributed by atoms with Gasteiger partial charge >= 0.3 is 0 Å². The van der Waals surface area contributed by atoms with Crippen LogP contribution in [0.25, 0.3) is 0 Å². The summed E-state index contributed by atoms with van der Waals surface area (Å²) in [6.07, 6.45) is 1.00. The first-order valence-electron chi connectivity index (χ1n) is 8.64. The Morgan fingerprint density at radius 2 is 1.63 bits per heavy atom. The highest BCUT2D eigenvalue weighted by molar-refractivity contribution is 5.96. The fourth-order valence-corrected chi connectivity index (χ4v) is 2.27. The number of ether oxygens (including phenoxy) is 1. The molecule has 142 valence electrons. The minimum Gasteiger partial charge on any atom is -0.494 e. The largest absolute Gasteiger partial charge is 0.494 e. The van der Waals surface area contributed by atoms with Gasteiger partial charge in [0.1, 0.15) is 5.75 Å². The summed E-state index contributed by atoms with van der Waals surface area (Å²) in [6.45, 7) is 0.652. The summed E-state index contributed by atoms with van der Waals surface area (Å²) >= 11 is 0. The van der Waals surface area contributed by atoms with E-state index in [1.807, 2.05) is 30.3 Å². The van der Waals surface area contributed by atoms with Gasteiger partial charge in [0.25, 0.3) is 5.91 Å². The Bertz CT molecular complexity index is 761. The maximum Gasteiger partial charge on any atom is 0.251 e. The van der Waals surface area contributed by atoms with E-state index in [0.717, 1.165) is 11.3 Å². The molecule has 0 radical (unpaired) electrons. The zero-order valence-electron chi connectivity index (χ0n) is 14.9. The molecular formula is C20H23N3O4. The third-order valence-corrected chi connectivity index (χ3v) is 3.69. The van der Waals surface area contributed by atoms with E-state index >= 15 is 0 Å². The smallest absolute Gasteiger partial charge is 0.251 e. The molecule has 7 heteroatoms. The van der Waals surface area contributed by atoms with Gasteiger partial charge in [0.15, 0.2) is 0 Å². The average molecular weight is 369 g/mol. The van der Waals surface area contributed by atoms with Gasteiger partial charge in [0, 0.05) is 18.5 Å². The highest BCUT2D eigenvalue weighted by Gasteiger charge is 2.07. The molecule has 2 rings (SSSR count). The average Bonchev–Trinajstić information content (AvgIpc) is 2.69. The molecule has 2 aromatic rings. The van der Waals surface area contributed by atoms with E-state index in [2.05, 4.69) is 10.6 Å². The van der Waals surface area contributed by atoms with Gasteiger partial charge in [0.2, 0.25) is 11.8 Å². The number of nitrogens with two attached hydrogens (primary N) is 1. The summed E-state index contributed by atoms with van der Waals surface area (Å²) in [5.41, 5.74) is 6.27. The molecule has 0 aliphatic carbocycles. The molecule has 0 saturated carbocycles. The van der Waals surface area contributed by atoms with Crippen LogP contribution in [0.3, 0.4) is 0 Å². The number of hydrogen-bond donors (Lipinski definition) is 3. The first-order valence-corrected chi connectivity index (χ1v) is 8.64. The molecular weight excluding hydrogens is 346 g/mol. The molecule has 0 unspecified atom stereocenters. The lowest BCUT2D eigenvalue weighted by Crippen LogP contribution is -2.33. The molecule has 0 atom stereocenters. The van der Waals surface area contributed by atoms with Crippen LogP contribution in [0.5, 0.6) is 5.75 Å². The van der Waals surface area contributed by atoms with Crippen LogP contribution in [0, 0.1) is 0 Å². The predicted octanol–water partition coefficient (Wildman–Crippen LogP) is 1.38. The highest BCUT2D eigenvalue weighted by atomic mass is 16.5. The second-order valence-electron chi connectivity index (χ2n) is 5.89. The van der Waals surface area contributed by atoms with E-state index in [1.165, 1.54) is 0 Å². The second kappa shape index (κ2) is 10.6. The third kappa shape index (κ3) is 7.60. The van der Waals surface area contributed by atoms with Crippen LogP contribution >= 0.6 is 0 Å². The first-order chi connectivity index (χ1) is 13.0. The van der Waals surface area contributed by atoms with Crippen molar-refractivity contribution >= 4 is 17.7 Å². The summed E-state index contributed by atoms with van der Waals surface area (Å²) in [6, 6.07) is 16.2. The zero-order chi connectivity index (χ0) is 19.5.